The van der Waals surface area contributed by atoms with Crippen molar-refractivity contribution in [2.24, 2.45) is 16.0 Å². The van der Waals surface area contributed by atoms with Crippen LogP contribution in [0, 0.1) is 11.3 Å². The summed E-state index contributed by atoms with van der Waals surface area (Å²) in [5, 5.41) is 16.2. The van der Waals surface area contributed by atoms with Crippen molar-refractivity contribution in [1.29, 1.82) is 5.41 Å². The number of ether oxygens (including phenoxy) is 4. The van der Waals surface area contributed by atoms with Gasteiger partial charge in [-0.2, -0.15) is 15.1 Å². The Balaban J connectivity index is 1.24. The maximum Gasteiger partial charge on any atom is 0.283 e. The van der Waals surface area contributed by atoms with Gasteiger partial charge in [0.15, 0.2) is 17.3 Å². The molecule has 1 amide bonds. The zero-order valence-corrected chi connectivity index (χ0v) is 22.3. The van der Waals surface area contributed by atoms with Crippen molar-refractivity contribution >= 4 is 39.8 Å². The minimum Gasteiger partial charge on any atom is -0.497 e. The van der Waals surface area contributed by atoms with Crippen molar-refractivity contribution in [2.45, 2.75) is 32.1 Å². The highest BCUT2D eigenvalue weighted by Gasteiger charge is 2.38. The van der Waals surface area contributed by atoms with Gasteiger partial charge in [0.05, 0.1) is 19.8 Å². The van der Waals surface area contributed by atoms with E-state index in [0.717, 1.165) is 29.4 Å². The number of carbonyl (C=O) groups is 1. The van der Waals surface area contributed by atoms with E-state index in [1.807, 2.05) is 30.3 Å². The maximum atomic E-state index is 12.8. The number of amides is 1. The van der Waals surface area contributed by atoms with Gasteiger partial charge in [-0.05, 0) is 72.6 Å². The summed E-state index contributed by atoms with van der Waals surface area (Å²) >= 11 is 1.42. The van der Waals surface area contributed by atoms with Crippen LogP contribution < -0.4 is 18.9 Å². The largest absolute Gasteiger partial charge is 0.497 e. The Bertz CT molecular complexity index is 1300. The molecule has 0 unspecified atom stereocenters. The van der Waals surface area contributed by atoms with E-state index in [1.165, 1.54) is 36.0 Å². The van der Waals surface area contributed by atoms with E-state index in [0.29, 0.717) is 41.4 Å². The molecule has 0 atom stereocenters. The number of nitrogens with zero attached hydrogens (tertiary/aromatic N) is 3. The van der Waals surface area contributed by atoms with E-state index in [1.54, 1.807) is 32.4 Å². The van der Waals surface area contributed by atoms with Crippen LogP contribution in [-0.4, -0.2) is 54.4 Å². The van der Waals surface area contributed by atoms with Crippen molar-refractivity contribution in [1.82, 2.24) is 5.01 Å². The molecule has 3 aliphatic rings. The second-order valence-corrected chi connectivity index (χ2v) is 10.1. The molecule has 2 aromatic carbocycles. The number of benzene rings is 2. The first-order chi connectivity index (χ1) is 18.6. The van der Waals surface area contributed by atoms with E-state index in [4.69, 9.17) is 24.4 Å². The summed E-state index contributed by atoms with van der Waals surface area (Å²) in [6, 6.07) is 12.7. The Labute approximate surface area is 226 Å². The molecule has 0 bridgehead atoms. The lowest BCUT2D eigenvalue weighted by Gasteiger charge is -2.20. The predicted molar refractivity (Wildman–Crippen MR) is 149 cm³/mol. The average molecular weight is 535 g/mol. The molecular weight excluding hydrogens is 504 g/mol. The van der Waals surface area contributed by atoms with Gasteiger partial charge in [0.2, 0.25) is 5.17 Å². The number of thioether (sulfide) groups is 1. The van der Waals surface area contributed by atoms with Gasteiger partial charge in [0, 0.05) is 5.92 Å². The fourth-order valence-electron chi connectivity index (χ4n) is 4.56. The van der Waals surface area contributed by atoms with E-state index in [9.17, 15) is 4.79 Å². The van der Waals surface area contributed by atoms with Gasteiger partial charge in [-0.3, -0.25) is 10.2 Å². The molecule has 2 heterocycles. The molecule has 2 aromatic rings. The highest BCUT2D eigenvalue weighted by atomic mass is 32.2. The quantitative estimate of drug-likeness (QED) is 0.341. The van der Waals surface area contributed by atoms with Crippen LogP contribution in [0.1, 0.15) is 37.7 Å². The Morgan fingerprint density at radius 3 is 2.45 bits per heavy atom. The summed E-state index contributed by atoms with van der Waals surface area (Å²) in [4.78, 5) is 17.0. The number of aliphatic imine (C=N–C) groups is 1. The van der Waals surface area contributed by atoms with E-state index in [2.05, 4.69) is 10.1 Å². The van der Waals surface area contributed by atoms with Gasteiger partial charge in [0.1, 0.15) is 29.8 Å². The molecule has 0 spiro atoms. The number of hydrogen-bond donors (Lipinski definition) is 1. The summed E-state index contributed by atoms with van der Waals surface area (Å²) in [6.45, 7) is 0.669. The fourth-order valence-corrected chi connectivity index (χ4v) is 5.62. The number of rotatable bonds is 9. The van der Waals surface area contributed by atoms with Crippen LogP contribution in [0.25, 0.3) is 6.08 Å². The number of nitrogens with one attached hydrogen (secondary N) is 1. The summed E-state index contributed by atoms with van der Waals surface area (Å²) in [6.07, 6.45) is 7.47. The van der Waals surface area contributed by atoms with Crippen LogP contribution in [0.4, 0.5) is 0 Å². The third-order valence-corrected chi connectivity index (χ3v) is 7.66. The van der Waals surface area contributed by atoms with E-state index >= 15 is 0 Å². The van der Waals surface area contributed by atoms with Crippen molar-refractivity contribution in [3.05, 3.63) is 53.6 Å². The molecule has 1 saturated carbocycles. The van der Waals surface area contributed by atoms with E-state index in [-0.39, 0.29) is 11.4 Å². The molecule has 38 heavy (non-hydrogen) atoms. The number of methoxy groups -OCH3 is 2. The third kappa shape index (κ3) is 5.70. The number of fused-ring (bicyclic) bond motifs is 1. The highest BCUT2D eigenvalue weighted by Crippen LogP contribution is 2.36. The molecule has 0 aromatic heterocycles. The molecule has 2 aliphatic heterocycles. The summed E-state index contributed by atoms with van der Waals surface area (Å²) in [5.41, 5.74) is 0.880. The first kappa shape index (κ1) is 25.8. The number of amidine groups is 2. The topological polar surface area (TPSA) is 106 Å². The van der Waals surface area contributed by atoms with Crippen LogP contribution >= 0.6 is 11.8 Å². The normalized spacial score (nSPS) is 18.7. The molecule has 198 valence electrons. The van der Waals surface area contributed by atoms with Crippen LogP contribution in [0.15, 0.2) is 58.1 Å². The highest BCUT2D eigenvalue weighted by molar-refractivity contribution is 8.27. The minimum absolute atomic E-state index is 0.0354. The second-order valence-electron chi connectivity index (χ2n) is 9.08. The lowest BCUT2D eigenvalue weighted by molar-refractivity contribution is -0.114. The SMILES string of the molecule is COc1ccc(OCCOc2ccc(/C=C3/C(=N)N4N=C(C5CCCCC5)SC4=NC3=O)cc2OC)cc1. The standard InChI is InChI=1S/C28H30N4O5S/c1-34-20-9-11-21(12-10-20)36-14-15-37-23-13-8-18(17-24(23)35-2)16-22-25(29)32-28(30-26(22)33)38-27(31-32)19-6-4-3-5-7-19/h8-13,16-17,19,29H,3-7,14-15H2,1-2H3/b22-16-,29-25?. The molecule has 1 fully saturated rings. The molecule has 0 radical (unpaired) electrons. The smallest absolute Gasteiger partial charge is 0.283 e. The molecule has 9 nitrogen and oxygen atoms in total. The zero-order chi connectivity index (χ0) is 26.5. The first-order valence-corrected chi connectivity index (χ1v) is 13.4. The number of hydrazone groups is 1. The number of hydrogen-bond acceptors (Lipinski definition) is 8. The van der Waals surface area contributed by atoms with Crippen molar-refractivity contribution in [3.63, 3.8) is 0 Å². The van der Waals surface area contributed by atoms with Gasteiger partial charge in [-0.25, -0.2) is 0 Å². The van der Waals surface area contributed by atoms with Gasteiger partial charge in [-0.1, -0.05) is 25.3 Å². The molecular formula is C28H30N4O5S. The Kier molecular flexibility index (Phi) is 7.97. The van der Waals surface area contributed by atoms with Crippen LogP contribution in [0.5, 0.6) is 23.0 Å². The van der Waals surface area contributed by atoms with Gasteiger partial charge in [0.25, 0.3) is 5.91 Å². The summed E-state index contributed by atoms with van der Waals surface area (Å²) in [5.74, 6) is 2.53. The second kappa shape index (κ2) is 11.7. The van der Waals surface area contributed by atoms with Gasteiger partial charge >= 0.3 is 0 Å². The molecule has 1 N–H and O–H groups in total. The minimum atomic E-state index is -0.441. The Morgan fingerprint density at radius 1 is 0.974 bits per heavy atom. The van der Waals surface area contributed by atoms with Crippen molar-refractivity contribution < 1.29 is 23.7 Å². The van der Waals surface area contributed by atoms with Crippen molar-refractivity contribution in [3.8, 4) is 23.0 Å². The lowest BCUT2D eigenvalue weighted by Crippen LogP contribution is -2.35. The van der Waals surface area contributed by atoms with Crippen LogP contribution in [0.2, 0.25) is 0 Å². The average Bonchev–Trinajstić information content (AvgIpc) is 3.39. The zero-order valence-electron chi connectivity index (χ0n) is 21.4. The maximum absolute atomic E-state index is 12.8. The third-order valence-electron chi connectivity index (χ3n) is 6.59. The lowest BCUT2D eigenvalue weighted by atomic mass is 9.90. The van der Waals surface area contributed by atoms with Gasteiger partial charge in [-0.15, -0.1) is 0 Å². The summed E-state index contributed by atoms with van der Waals surface area (Å²) < 4.78 is 22.2. The molecule has 1 aliphatic carbocycles. The monoisotopic (exact) mass is 534 g/mol. The summed E-state index contributed by atoms with van der Waals surface area (Å²) in [7, 11) is 3.17. The van der Waals surface area contributed by atoms with Crippen molar-refractivity contribution in [2.75, 3.05) is 27.4 Å². The fraction of sp³-hybridized carbons (Fsp3) is 0.357. The van der Waals surface area contributed by atoms with Crippen LogP contribution in [0.3, 0.4) is 0 Å². The van der Waals surface area contributed by atoms with Crippen LogP contribution in [-0.2, 0) is 4.79 Å². The Morgan fingerprint density at radius 2 is 1.71 bits per heavy atom. The number of carbonyl (C=O) groups excluding carboxylic acids is 1. The molecule has 0 saturated heterocycles. The molecule has 5 rings (SSSR count). The first-order valence-electron chi connectivity index (χ1n) is 12.6. The predicted octanol–water partition coefficient (Wildman–Crippen LogP) is 5.36. The molecule has 10 heteroatoms. The van der Waals surface area contributed by atoms with E-state index < -0.39 is 5.91 Å². The Hall–Kier alpha value is -3.79. The van der Waals surface area contributed by atoms with Gasteiger partial charge < -0.3 is 18.9 Å².